The van der Waals surface area contributed by atoms with E-state index in [1.165, 1.54) is 6.20 Å². The Morgan fingerprint density at radius 1 is 1.00 bits per heavy atom. The van der Waals surface area contributed by atoms with Gasteiger partial charge >= 0.3 is 0 Å². The van der Waals surface area contributed by atoms with Crippen molar-refractivity contribution in [3.8, 4) is 5.75 Å². The number of carbonyl (C=O) groups excluding carboxylic acids is 2. The first-order valence-corrected chi connectivity index (χ1v) is 9.93. The van der Waals surface area contributed by atoms with Crippen LogP contribution < -0.4 is 15.6 Å². The highest BCUT2D eigenvalue weighted by molar-refractivity contribution is 5.98. The second kappa shape index (κ2) is 8.43. The van der Waals surface area contributed by atoms with E-state index in [0.29, 0.717) is 16.8 Å². The number of rotatable bonds is 5. The van der Waals surface area contributed by atoms with Gasteiger partial charge in [0.1, 0.15) is 5.75 Å². The van der Waals surface area contributed by atoms with Crippen molar-refractivity contribution >= 4 is 33.7 Å². The summed E-state index contributed by atoms with van der Waals surface area (Å²) in [5.74, 6) is -0.301. The summed E-state index contributed by atoms with van der Waals surface area (Å²) in [5, 5.41) is 6.76. The highest BCUT2D eigenvalue weighted by atomic mass is 16.5. The molecule has 1 atom stereocenters. The number of nitrogens with one attached hydrogen (secondary N) is 2. The van der Waals surface area contributed by atoms with Crippen molar-refractivity contribution in [2.24, 2.45) is 0 Å². The van der Waals surface area contributed by atoms with Crippen LogP contribution in [0.5, 0.6) is 5.75 Å². The van der Waals surface area contributed by atoms with E-state index in [1.807, 2.05) is 50.2 Å². The Bertz CT molecular complexity index is 1260. The van der Waals surface area contributed by atoms with E-state index >= 15 is 0 Å². The quantitative estimate of drug-likeness (QED) is 0.479. The topological polar surface area (TPSA) is 106 Å². The molecule has 0 fully saturated rings. The van der Waals surface area contributed by atoms with E-state index in [4.69, 9.17) is 9.26 Å². The number of hydrogen-bond acceptors (Lipinski definition) is 6. The molecule has 158 valence electrons. The van der Waals surface area contributed by atoms with Crippen LogP contribution in [-0.2, 0) is 4.79 Å². The van der Waals surface area contributed by atoms with Crippen molar-refractivity contribution in [1.82, 2.24) is 21.0 Å². The monoisotopic (exact) mass is 418 g/mol. The molecule has 2 N–H and O–H groups in total. The predicted octanol–water partition coefficient (Wildman–Crippen LogP) is 3.73. The first-order valence-electron chi connectivity index (χ1n) is 9.93. The molecule has 0 saturated heterocycles. The Kier molecular flexibility index (Phi) is 5.53. The molecule has 0 saturated carbocycles. The molecule has 8 nitrogen and oxygen atoms in total. The van der Waals surface area contributed by atoms with Crippen molar-refractivity contribution in [3.05, 3.63) is 66.0 Å². The van der Waals surface area contributed by atoms with Gasteiger partial charge in [-0.2, -0.15) is 0 Å². The van der Waals surface area contributed by atoms with Crippen molar-refractivity contribution < 1.29 is 18.8 Å². The second-order valence-corrected chi connectivity index (χ2v) is 7.51. The lowest BCUT2D eigenvalue weighted by molar-refractivity contribution is -0.128. The van der Waals surface area contributed by atoms with Crippen LogP contribution in [0.4, 0.5) is 0 Å². The van der Waals surface area contributed by atoms with Gasteiger partial charge in [-0.1, -0.05) is 49.3 Å². The molecule has 0 aliphatic heterocycles. The lowest BCUT2D eigenvalue weighted by Crippen LogP contribution is -2.47. The van der Waals surface area contributed by atoms with Gasteiger partial charge in [-0.25, -0.2) is 4.98 Å². The van der Waals surface area contributed by atoms with E-state index in [1.54, 1.807) is 19.1 Å². The van der Waals surface area contributed by atoms with Crippen LogP contribution in [0.25, 0.3) is 21.9 Å². The maximum Gasteiger partial charge on any atom is 0.279 e. The highest BCUT2D eigenvalue weighted by Crippen LogP contribution is 2.24. The van der Waals surface area contributed by atoms with Crippen molar-refractivity contribution in [2.75, 3.05) is 0 Å². The SMILES string of the molecule is CC(Oc1ccc2ccccc2c1)C(=O)NNC(=O)c1cnc2onc(C(C)C)c2c1. The minimum absolute atomic E-state index is 0.120. The fourth-order valence-electron chi connectivity index (χ4n) is 3.18. The summed E-state index contributed by atoms with van der Waals surface area (Å²) in [6.45, 7) is 5.55. The largest absolute Gasteiger partial charge is 0.481 e. The van der Waals surface area contributed by atoms with Crippen LogP contribution in [0.3, 0.4) is 0 Å². The van der Waals surface area contributed by atoms with E-state index < -0.39 is 17.9 Å². The molecular weight excluding hydrogens is 396 g/mol. The van der Waals surface area contributed by atoms with Gasteiger partial charge < -0.3 is 9.26 Å². The first-order chi connectivity index (χ1) is 14.9. The van der Waals surface area contributed by atoms with Crippen LogP contribution in [0.15, 0.2) is 59.3 Å². The number of pyridine rings is 1. The minimum Gasteiger partial charge on any atom is -0.481 e. The number of ether oxygens (including phenoxy) is 1. The van der Waals surface area contributed by atoms with E-state index in [2.05, 4.69) is 21.0 Å². The maximum atomic E-state index is 12.5. The van der Waals surface area contributed by atoms with Gasteiger partial charge in [0.15, 0.2) is 6.10 Å². The summed E-state index contributed by atoms with van der Waals surface area (Å²) in [5.41, 5.74) is 6.14. The molecule has 0 bridgehead atoms. The summed E-state index contributed by atoms with van der Waals surface area (Å²) in [6.07, 6.45) is 0.557. The third kappa shape index (κ3) is 4.32. The Hall–Kier alpha value is -3.94. The predicted molar refractivity (Wildman–Crippen MR) is 116 cm³/mol. The lowest BCUT2D eigenvalue weighted by atomic mass is 10.1. The standard InChI is InChI=1S/C23H22N4O4/c1-13(2)20-19-11-17(12-24-23(19)31-27-20)22(29)26-25-21(28)14(3)30-18-9-8-15-6-4-5-7-16(15)10-18/h4-14H,1-3H3,(H,25,28)(H,26,29). The van der Waals surface area contributed by atoms with Crippen molar-refractivity contribution in [3.63, 3.8) is 0 Å². The van der Waals surface area contributed by atoms with E-state index in [0.717, 1.165) is 16.5 Å². The molecule has 8 heteroatoms. The molecule has 31 heavy (non-hydrogen) atoms. The van der Waals surface area contributed by atoms with Crippen molar-refractivity contribution in [2.45, 2.75) is 32.8 Å². The van der Waals surface area contributed by atoms with Gasteiger partial charge in [0.25, 0.3) is 17.5 Å². The molecule has 0 aliphatic rings. The van der Waals surface area contributed by atoms with E-state index in [-0.39, 0.29) is 11.5 Å². The Balaban J connectivity index is 1.38. The van der Waals surface area contributed by atoms with Crippen LogP contribution in [0, 0.1) is 0 Å². The number of benzene rings is 2. The summed E-state index contributed by atoms with van der Waals surface area (Å²) in [4.78, 5) is 29.0. The smallest absolute Gasteiger partial charge is 0.279 e. The van der Waals surface area contributed by atoms with Gasteiger partial charge in [-0.3, -0.25) is 20.4 Å². The summed E-state index contributed by atoms with van der Waals surface area (Å²) >= 11 is 0. The molecule has 2 aromatic heterocycles. The number of hydrogen-bond donors (Lipinski definition) is 2. The average Bonchev–Trinajstić information content (AvgIpc) is 3.20. The minimum atomic E-state index is -0.812. The van der Waals surface area contributed by atoms with Crippen LogP contribution >= 0.6 is 0 Å². The van der Waals surface area contributed by atoms with Gasteiger partial charge in [0, 0.05) is 6.20 Å². The number of amides is 2. The number of hydrazine groups is 1. The lowest BCUT2D eigenvalue weighted by Gasteiger charge is -2.15. The van der Waals surface area contributed by atoms with Gasteiger partial charge in [0.05, 0.1) is 16.6 Å². The number of fused-ring (bicyclic) bond motifs is 2. The molecule has 4 rings (SSSR count). The zero-order valence-corrected chi connectivity index (χ0v) is 17.4. The summed E-state index contributed by atoms with van der Waals surface area (Å²) < 4.78 is 10.9. The normalized spacial score (nSPS) is 12.1. The maximum absolute atomic E-state index is 12.5. The zero-order valence-electron chi connectivity index (χ0n) is 17.4. The molecule has 2 amide bonds. The zero-order chi connectivity index (χ0) is 22.0. The first kappa shape index (κ1) is 20.3. The molecule has 2 heterocycles. The van der Waals surface area contributed by atoms with E-state index in [9.17, 15) is 9.59 Å². The Morgan fingerprint density at radius 2 is 1.77 bits per heavy atom. The van der Waals surface area contributed by atoms with Gasteiger partial charge in [-0.15, -0.1) is 0 Å². The molecule has 4 aromatic rings. The fraction of sp³-hybridized carbons (Fsp3) is 0.217. The highest BCUT2D eigenvalue weighted by Gasteiger charge is 2.18. The molecule has 2 aromatic carbocycles. The van der Waals surface area contributed by atoms with Crippen LogP contribution in [0.2, 0.25) is 0 Å². The summed E-state index contributed by atoms with van der Waals surface area (Å²) in [6, 6.07) is 15.1. The molecule has 0 aliphatic carbocycles. The molecular formula is C23H22N4O4. The summed E-state index contributed by atoms with van der Waals surface area (Å²) in [7, 11) is 0. The average molecular weight is 418 g/mol. The van der Waals surface area contributed by atoms with Crippen LogP contribution in [-0.4, -0.2) is 28.1 Å². The number of aromatic nitrogens is 2. The molecule has 1 unspecified atom stereocenters. The molecule has 0 radical (unpaired) electrons. The van der Waals surface area contributed by atoms with Gasteiger partial charge in [0.2, 0.25) is 0 Å². The number of nitrogens with zero attached hydrogens (tertiary/aromatic N) is 2. The Labute approximate surface area is 178 Å². The third-order valence-corrected chi connectivity index (χ3v) is 4.87. The second-order valence-electron chi connectivity index (χ2n) is 7.51. The third-order valence-electron chi connectivity index (χ3n) is 4.87. The van der Waals surface area contributed by atoms with Crippen LogP contribution in [0.1, 0.15) is 42.7 Å². The van der Waals surface area contributed by atoms with Gasteiger partial charge in [-0.05, 0) is 41.8 Å². The fourth-order valence-corrected chi connectivity index (χ4v) is 3.18. The molecule has 0 spiro atoms. The number of carbonyl (C=O) groups is 2. The Morgan fingerprint density at radius 3 is 2.55 bits per heavy atom. The van der Waals surface area contributed by atoms with Crippen molar-refractivity contribution in [1.29, 1.82) is 0 Å².